The molecule has 190 valence electrons. The summed E-state index contributed by atoms with van der Waals surface area (Å²) in [5.41, 5.74) is 4.56. The van der Waals surface area contributed by atoms with Gasteiger partial charge in [-0.25, -0.2) is 0 Å². The molecule has 0 spiro atoms. The zero-order valence-corrected chi connectivity index (χ0v) is 21.7. The highest BCUT2D eigenvalue weighted by Crippen LogP contribution is 2.20. The number of carbonyl (C=O) groups excluding carboxylic acids is 2. The van der Waals surface area contributed by atoms with Gasteiger partial charge in [-0.3, -0.25) is 9.59 Å². The van der Waals surface area contributed by atoms with Crippen LogP contribution in [0.25, 0.3) is 0 Å². The van der Waals surface area contributed by atoms with E-state index in [9.17, 15) is 9.59 Å². The molecule has 2 amide bonds. The number of aryl methyl sites for hydroxylation is 1. The lowest BCUT2D eigenvalue weighted by Gasteiger charge is -2.27. The van der Waals surface area contributed by atoms with Gasteiger partial charge in [-0.15, -0.1) is 0 Å². The van der Waals surface area contributed by atoms with E-state index >= 15 is 0 Å². The molecule has 0 fully saturated rings. The van der Waals surface area contributed by atoms with Crippen LogP contribution in [0, 0.1) is 6.92 Å². The van der Waals surface area contributed by atoms with Gasteiger partial charge in [-0.05, 0) is 55.2 Å². The SMILES string of the molecule is CCN(C(=O)[C@H](Cc1ccccc1)NC(C)=O)c1ccc(OC)cc1.Cc1cccc(C(C)C)c1.[HH].[HH]. The van der Waals surface area contributed by atoms with Crippen LogP contribution in [0.1, 0.15) is 53.2 Å². The normalized spacial score (nSPS) is 11.2. The van der Waals surface area contributed by atoms with E-state index in [0.717, 1.165) is 17.0 Å². The average molecular weight is 479 g/mol. The molecule has 5 heteroatoms. The number of carbonyl (C=O) groups is 2. The largest absolute Gasteiger partial charge is 0.497 e. The second-order valence-electron chi connectivity index (χ2n) is 8.79. The van der Waals surface area contributed by atoms with E-state index in [4.69, 9.17) is 4.74 Å². The molecule has 0 unspecified atom stereocenters. The van der Waals surface area contributed by atoms with Crippen LogP contribution in [0.4, 0.5) is 5.69 Å². The van der Waals surface area contributed by atoms with E-state index < -0.39 is 6.04 Å². The van der Waals surface area contributed by atoms with Gasteiger partial charge in [0.25, 0.3) is 0 Å². The predicted molar refractivity (Wildman–Crippen MR) is 148 cm³/mol. The Morgan fingerprint density at radius 2 is 1.63 bits per heavy atom. The molecule has 0 bridgehead atoms. The molecule has 0 saturated heterocycles. The highest BCUT2D eigenvalue weighted by molar-refractivity contribution is 5.99. The van der Waals surface area contributed by atoms with Crippen molar-refractivity contribution in [1.82, 2.24) is 5.32 Å². The Labute approximate surface area is 213 Å². The summed E-state index contributed by atoms with van der Waals surface area (Å²) in [6.45, 7) is 10.4. The number of benzene rings is 3. The van der Waals surface area contributed by atoms with Gasteiger partial charge in [0.05, 0.1) is 7.11 Å². The summed E-state index contributed by atoms with van der Waals surface area (Å²) >= 11 is 0. The first-order valence-electron chi connectivity index (χ1n) is 12.1. The fourth-order valence-corrected chi connectivity index (χ4v) is 3.74. The van der Waals surface area contributed by atoms with Gasteiger partial charge in [-0.1, -0.05) is 74.0 Å². The molecule has 0 saturated carbocycles. The van der Waals surface area contributed by atoms with Crippen molar-refractivity contribution in [2.45, 2.75) is 53.0 Å². The molecule has 35 heavy (non-hydrogen) atoms. The molecular weight excluding hydrogens is 436 g/mol. The van der Waals surface area contributed by atoms with Gasteiger partial charge < -0.3 is 15.0 Å². The van der Waals surface area contributed by atoms with Gasteiger partial charge in [0, 0.05) is 28.4 Å². The lowest BCUT2D eigenvalue weighted by Crippen LogP contribution is -2.49. The zero-order valence-electron chi connectivity index (χ0n) is 21.7. The number of methoxy groups -OCH3 is 1. The highest BCUT2D eigenvalue weighted by Gasteiger charge is 2.25. The Kier molecular flexibility index (Phi) is 11.0. The Balaban J connectivity index is 0.000000913. The number of hydrogen-bond donors (Lipinski definition) is 1. The first-order valence-corrected chi connectivity index (χ1v) is 12.1. The molecule has 3 aromatic carbocycles. The number of nitrogens with zero attached hydrogens (tertiary/aromatic N) is 1. The number of amides is 2. The van der Waals surface area contributed by atoms with E-state index in [-0.39, 0.29) is 14.7 Å². The van der Waals surface area contributed by atoms with Crippen molar-refractivity contribution in [3.05, 3.63) is 95.6 Å². The third-order valence-corrected chi connectivity index (χ3v) is 5.63. The van der Waals surface area contributed by atoms with Crippen LogP contribution in [0.3, 0.4) is 0 Å². The second kappa shape index (κ2) is 14.0. The van der Waals surface area contributed by atoms with Crippen molar-refractivity contribution in [1.29, 1.82) is 0 Å². The van der Waals surface area contributed by atoms with Crippen LogP contribution in [0.15, 0.2) is 78.9 Å². The molecule has 0 radical (unpaired) electrons. The second-order valence-corrected chi connectivity index (χ2v) is 8.79. The van der Waals surface area contributed by atoms with E-state index in [1.165, 1.54) is 18.1 Å². The molecule has 0 aliphatic carbocycles. The van der Waals surface area contributed by atoms with Crippen LogP contribution in [0.2, 0.25) is 0 Å². The van der Waals surface area contributed by atoms with Crippen LogP contribution in [0.5, 0.6) is 5.75 Å². The number of anilines is 1. The monoisotopic (exact) mass is 478 g/mol. The van der Waals surface area contributed by atoms with E-state index in [1.807, 2.05) is 61.5 Å². The van der Waals surface area contributed by atoms with E-state index in [0.29, 0.717) is 18.9 Å². The molecule has 0 heterocycles. The lowest BCUT2D eigenvalue weighted by molar-refractivity contribution is -0.126. The van der Waals surface area contributed by atoms with Gasteiger partial charge in [-0.2, -0.15) is 0 Å². The molecule has 5 nitrogen and oxygen atoms in total. The summed E-state index contributed by atoms with van der Waals surface area (Å²) < 4.78 is 5.16. The van der Waals surface area contributed by atoms with Crippen molar-refractivity contribution < 1.29 is 17.2 Å². The molecule has 0 aromatic heterocycles. The molecule has 0 aliphatic rings. The summed E-state index contributed by atoms with van der Waals surface area (Å²) in [6.07, 6.45) is 0.450. The minimum absolute atomic E-state index is 0. The number of nitrogens with one attached hydrogen (secondary N) is 1. The third kappa shape index (κ3) is 8.93. The minimum Gasteiger partial charge on any atom is -0.497 e. The molecule has 3 rings (SSSR count). The Morgan fingerprint density at radius 3 is 2.11 bits per heavy atom. The molecule has 1 atom stereocenters. The summed E-state index contributed by atoms with van der Waals surface area (Å²) in [4.78, 5) is 26.3. The van der Waals surface area contributed by atoms with Crippen molar-refractivity contribution >= 4 is 17.5 Å². The maximum absolute atomic E-state index is 13.0. The topological polar surface area (TPSA) is 58.6 Å². The van der Waals surface area contributed by atoms with Crippen LogP contribution in [-0.2, 0) is 16.0 Å². The Hall–Kier alpha value is -3.60. The first kappa shape index (κ1) is 27.6. The fourth-order valence-electron chi connectivity index (χ4n) is 3.74. The number of ether oxygens (including phenoxy) is 1. The number of likely N-dealkylation sites (N-methyl/N-ethyl adjacent to an activating group) is 1. The summed E-state index contributed by atoms with van der Waals surface area (Å²) in [5.74, 6) is 1.03. The van der Waals surface area contributed by atoms with Gasteiger partial charge >= 0.3 is 0 Å². The smallest absolute Gasteiger partial charge is 0.249 e. The minimum atomic E-state index is -0.609. The standard InChI is InChI=1S/C20H24N2O3.C10H14.2H2/c1-4-22(17-10-12-18(25-3)13-11-17)20(24)19(21-15(2)23)14-16-8-6-5-7-9-16;1-8(2)10-6-4-5-9(3)7-10;;/h5-13,19H,4,14H2,1-3H3,(H,21,23);4-8H,1-3H3;2*1H/t19-;;;/m0.../s1. The molecule has 1 N–H and O–H groups in total. The van der Waals surface area contributed by atoms with E-state index in [2.05, 4.69) is 50.4 Å². The van der Waals surface area contributed by atoms with Gasteiger partial charge in [0.15, 0.2) is 0 Å². The number of rotatable bonds is 8. The summed E-state index contributed by atoms with van der Waals surface area (Å²) in [5, 5.41) is 2.78. The maximum atomic E-state index is 13.0. The Bertz CT molecular complexity index is 1070. The van der Waals surface area contributed by atoms with Crippen molar-refractivity contribution in [2.75, 3.05) is 18.6 Å². The van der Waals surface area contributed by atoms with Crippen LogP contribution < -0.4 is 15.0 Å². The zero-order chi connectivity index (χ0) is 25.8. The number of hydrogen-bond acceptors (Lipinski definition) is 3. The van der Waals surface area contributed by atoms with Crippen LogP contribution in [-0.4, -0.2) is 31.5 Å². The lowest BCUT2D eigenvalue weighted by atomic mass is 10.0. The van der Waals surface area contributed by atoms with Gasteiger partial charge in [0.2, 0.25) is 11.8 Å². The maximum Gasteiger partial charge on any atom is 0.249 e. The molecule has 3 aromatic rings. The fraction of sp³-hybridized carbons (Fsp3) is 0.333. The summed E-state index contributed by atoms with van der Waals surface area (Å²) in [6, 6.07) is 25.0. The van der Waals surface area contributed by atoms with Gasteiger partial charge in [0.1, 0.15) is 11.8 Å². The Morgan fingerprint density at radius 1 is 0.971 bits per heavy atom. The average Bonchev–Trinajstić information content (AvgIpc) is 2.85. The third-order valence-electron chi connectivity index (χ3n) is 5.63. The van der Waals surface area contributed by atoms with Crippen molar-refractivity contribution in [3.63, 3.8) is 0 Å². The van der Waals surface area contributed by atoms with Crippen molar-refractivity contribution in [2.24, 2.45) is 0 Å². The van der Waals surface area contributed by atoms with Crippen LogP contribution >= 0.6 is 0 Å². The van der Waals surface area contributed by atoms with Crippen molar-refractivity contribution in [3.8, 4) is 5.75 Å². The molecule has 0 aliphatic heterocycles. The first-order chi connectivity index (χ1) is 16.7. The summed E-state index contributed by atoms with van der Waals surface area (Å²) in [7, 11) is 1.60. The molecular formula is C30H42N2O3. The highest BCUT2D eigenvalue weighted by atomic mass is 16.5. The van der Waals surface area contributed by atoms with E-state index in [1.54, 1.807) is 12.0 Å². The predicted octanol–water partition coefficient (Wildman–Crippen LogP) is 6.41. The quantitative estimate of drug-likeness (QED) is 0.407.